The normalized spacial score (nSPS) is 21.6. The Morgan fingerprint density at radius 2 is 1.01 bits per heavy atom. The monoisotopic (exact) mass is 1450 g/mol. The maximum Gasteiger partial charge on any atom is 0.433 e. The average molecular weight is 1450 g/mol. The molecule has 2 aliphatic carbocycles. The van der Waals surface area contributed by atoms with E-state index in [4.69, 9.17) is 19.7 Å². The molecule has 6 aliphatic rings. The maximum atomic E-state index is 13.8. The van der Waals surface area contributed by atoms with Crippen molar-refractivity contribution < 1.29 is 64.6 Å². The minimum Gasteiger partial charge on any atom is -0.494 e. The van der Waals surface area contributed by atoms with Crippen LogP contribution in [0.3, 0.4) is 0 Å². The number of likely N-dealkylation sites (tertiary alicyclic amines) is 2. The molecule has 546 valence electrons. The zero-order chi connectivity index (χ0) is 73.4. The molecule has 6 aromatic heterocycles. The van der Waals surface area contributed by atoms with Crippen molar-refractivity contribution in [1.29, 1.82) is 0 Å². The number of fused-ring (bicyclic) bond motifs is 4. The summed E-state index contributed by atoms with van der Waals surface area (Å²) in [7, 11) is 2.85. The number of hydrogen-bond donors (Lipinski definition) is 4. The highest BCUT2D eigenvalue weighted by Gasteiger charge is 2.57. The minimum atomic E-state index is -4.78. The molecule has 106 heavy (non-hydrogen) atoms. The van der Waals surface area contributed by atoms with Crippen molar-refractivity contribution in [2.75, 3.05) is 87.0 Å². The number of carbonyl (C=O) groups excluding carboxylic acids is 6. The zero-order valence-corrected chi connectivity index (χ0v) is 57.5. The van der Waals surface area contributed by atoms with Gasteiger partial charge in [0.05, 0.1) is 72.5 Å². The lowest BCUT2D eigenvalue weighted by atomic mass is 9.52. The Balaban J connectivity index is 0.717. The molecule has 4 aliphatic heterocycles. The molecule has 2 unspecified atom stereocenters. The van der Waals surface area contributed by atoms with Crippen LogP contribution in [0.25, 0.3) is 43.4 Å². The van der Waals surface area contributed by atoms with Gasteiger partial charge in [-0.05, 0) is 154 Å². The summed E-state index contributed by atoms with van der Waals surface area (Å²) in [5, 5.41) is 25.7. The number of anilines is 4. The number of urea groups is 2. The van der Waals surface area contributed by atoms with Crippen molar-refractivity contribution in [2.45, 2.75) is 87.6 Å². The van der Waals surface area contributed by atoms with E-state index in [9.17, 15) is 55.1 Å². The largest absolute Gasteiger partial charge is 0.494 e. The molecule has 6 fully saturated rings. The van der Waals surface area contributed by atoms with E-state index in [1.165, 1.54) is 31.9 Å². The van der Waals surface area contributed by atoms with Crippen molar-refractivity contribution in [3.8, 4) is 11.5 Å². The fourth-order valence-corrected chi connectivity index (χ4v) is 17.0. The number of pyridine rings is 4. The van der Waals surface area contributed by atoms with Crippen LogP contribution in [0.2, 0.25) is 0 Å². The van der Waals surface area contributed by atoms with Crippen LogP contribution in [0.5, 0.6) is 11.5 Å². The lowest BCUT2D eigenvalue weighted by Crippen LogP contribution is -2.58. The number of benzene rings is 4. The van der Waals surface area contributed by atoms with Crippen molar-refractivity contribution >= 4 is 102 Å². The van der Waals surface area contributed by atoms with Crippen molar-refractivity contribution in [3.05, 3.63) is 168 Å². The predicted octanol–water partition coefficient (Wildman–Crippen LogP) is 12.5. The van der Waals surface area contributed by atoms with E-state index < -0.39 is 59.0 Å². The molecule has 2 saturated carbocycles. The van der Waals surface area contributed by atoms with Crippen LogP contribution < -0.4 is 40.5 Å². The number of aromatic nitrogens is 8. The Bertz CT molecular complexity index is 5170. The molecule has 0 radical (unpaired) electrons. The number of hydrogen-bond acceptors (Lipinski definition) is 16. The number of nitrogens with zero attached hydrogens (tertiary/aromatic N) is 12. The van der Waals surface area contributed by atoms with Crippen LogP contribution in [0.4, 0.5) is 58.7 Å². The van der Waals surface area contributed by atoms with Crippen LogP contribution in [0.15, 0.2) is 134 Å². The number of halogens is 6. The molecule has 4 aromatic carbocycles. The second-order valence-electron chi connectivity index (χ2n) is 28.3. The van der Waals surface area contributed by atoms with Crippen LogP contribution >= 0.6 is 0 Å². The Morgan fingerprint density at radius 1 is 0.528 bits per heavy atom. The molecule has 30 heteroatoms. The Morgan fingerprint density at radius 3 is 1.50 bits per heavy atom. The highest BCUT2D eigenvalue weighted by atomic mass is 19.4. The highest BCUT2D eigenvalue weighted by Crippen LogP contribution is 2.61. The zero-order valence-electron chi connectivity index (χ0n) is 57.5. The standard InChI is InChI=1S/C76H72F6N16O8/c1-105-63-31-55-45(27-57(63)87-71(101)53-8-4-10-65(85-53)75(77,78)79)39-97(91-55)59-29-47(37-93-20-14-41(15-21-93)43-12-13-50-44(26-43)33-83-35-61(50)95-24-18-67(99)89-73(95)103)69(59)70-48(38-94-22-16-42(17-23-94)49-6-3-7-51-52(49)34-84-36-62(51)96-25-19-68(100)90-74(96)104)30-60(70)98-40-46-28-58(64(106-2)32-56(46)92-98)88-72(102)54-9-5-11-66(86-54)76(80,81)82/h3-13,26-28,31-36,39-42,47-48,59-60,69-70H,14-25,29-30,37-38H2,1-2H3,(H,87,101)(H,88,102)(H,89,99,103)(H,90,100,104)/t47-,48+,59+,60-,69?,70?/m0/s1. The molecule has 10 heterocycles. The number of nitrogens with one attached hydrogen (secondary N) is 4. The first-order chi connectivity index (χ1) is 51.1. The number of methoxy groups -OCH3 is 2. The lowest BCUT2D eigenvalue weighted by Gasteiger charge is -2.59. The Kier molecular flexibility index (Phi) is 18.1. The van der Waals surface area contributed by atoms with Crippen LogP contribution in [0, 0.1) is 23.7 Å². The first-order valence-electron chi connectivity index (χ1n) is 35.4. The smallest absolute Gasteiger partial charge is 0.433 e. The fourth-order valence-electron chi connectivity index (χ4n) is 17.0. The van der Waals surface area contributed by atoms with Gasteiger partial charge >= 0.3 is 24.4 Å². The Hall–Kier alpha value is -11.1. The second-order valence-corrected chi connectivity index (χ2v) is 28.3. The first kappa shape index (κ1) is 69.2. The summed E-state index contributed by atoms with van der Waals surface area (Å²) < 4.78 is 98.2. The number of rotatable bonds is 17. The summed E-state index contributed by atoms with van der Waals surface area (Å²) >= 11 is 0. The van der Waals surface area contributed by atoms with Crippen LogP contribution in [-0.2, 0) is 21.9 Å². The van der Waals surface area contributed by atoms with Gasteiger partial charge in [0.1, 0.15) is 34.3 Å². The Labute approximate surface area is 601 Å². The van der Waals surface area contributed by atoms with Crippen molar-refractivity contribution in [1.82, 2.24) is 59.9 Å². The molecule has 8 amide bonds. The number of alkyl halides is 6. The van der Waals surface area contributed by atoms with E-state index >= 15 is 0 Å². The third kappa shape index (κ3) is 13.4. The first-order valence-corrected chi connectivity index (χ1v) is 35.4. The van der Waals surface area contributed by atoms with Gasteiger partial charge in [0.15, 0.2) is 0 Å². The SMILES string of the molecule is COc1cc2nn([C@@H]3C[C@@H](CN4CCC(c5ccc6c(N7CCC(=O)NC7=O)cncc6c5)CC4)C3C3[C@@H](CN4CCC(c5cccc6c(N7CCC(=O)NC7=O)cncc56)CC4)C[C@@H]3n3cc4cc(NC(=O)c5cccc(C(F)(F)F)n5)c(OC)cc4n3)cc2cc1NC(=O)c1cccc(C(F)(F)F)n1. The third-order valence-electron chi connectivity index (χ3n) is 22.3. The minimum absolute atomic E-state index is 0.0159. The molecule has 4 saturated heterocycles. The summed E-state index contributed by atoms with van der Waals surface area (Å²) in [5.74, 6) is -1.26. The lowest BCUT2D eigenvalue weighted by molar-refractivity contribution is -0.142. The van der Waals surface area contributed by atoms with Gasteiger partial charge in [0.25, 0.3) is 11.8 Å². The van der Waals surface area contributed by atoms with E-state index in [0.29, 0.717) is 33.2 Å². The van der Waals surface area contributed by atoms with Gasteiger partial charge in [-0.2, -0.15) is 36.5 Å². The molecule has 0 bridgehead atoms. The molecule has 4 N–H and O–H groups in total. The van der Waals surface area contributed by atoms with Gasteiger partial charge in [0, 0.05) is 108 Å². The van der Waals surface area contributed by atoms with E-state index in [0.717, 1.165) is 129 Å². The molecule has 10 aromatic rings. The van der Waals surface area contributed by atoms with Crippen LogP contribution in [-0.4, -0.2) is 152 Å². The van der Waals surface area contributed by atoms with E-state index in [2.05, 4.69) is 69.2 Å². The third-order valence-corrected chi connectivity index (χ3v) is 22.3. The molecule has 16 rings (SSSR count). The van der Waals surface area contributed by atoms with Gasteiger partial charge in [-0.15, -0.1) is 0 Å². The average Bonchev–Trinajstić information content (AvgIpc) is 1.32. The number of carbonyl (C=O) groups is 6. The quantitative estimate of drug-likeness (QED) is 0.0617. The van der Waals surface area contributed by atoms with E-state index in [1.54, 1.807) is 52.7 Å². The van der Waals surface area contributed by atoms with E-state index in [-0.39, 0.29) is 108 Å². The van der Waals surface area contributed by atoms with Gasteiger partial charge < -0.3 is 29.9 Å². The maximum absolute atomic E-state index is 13.8. The molecule has 24 nitrogen and oxygen atoms in total. The number of imide groups is 2. The van der Waals surface area contributed by atoms with Crippen LogP contribution in [0.1, 0.15) is 119 Å². The highest BCUT2D eigenvalue weighted by molar-refractivity contribution is 6.11. The molecule has 6 atom stereocenters. The molecule has 0 spiro atoms. The molecular weight excluding hydrogens is 1380 g/mol. The van der Waals surface area contributed by atoms with Gasteiger partial charge in [-0.3, -0.25) is 58.9 Å². The fraction of sp³-hybridized carbons (Fsp3) is 0.368. The number of amides is 8. The summed E-state index contributed by atoms with van der Waals surface area (Å²) in [6, 6.07) is 24.2. The van der Waals surface area contributed by atoms with Gasteiger partial charge in [-0.1, -0.05) is 42.5 Å². The van der Waals surface area contributed by atoms with Crippen molar-refractivity contribution in [2.24, 2.45) is 23.7 Å². The summed E-state index contributed by atoms with van der Waals surface area (Å²) in [5.41, 5.74) is 1.80. The topological polar surface area (TPSA) is 269 Å². The summed E-state index contributed by atoms with van der Waals surface area (Å²) in [6.07, 6.45) is 6.61. The predicted molar refractivity (Wildman–Crippen MR) is 380 cm³/mol. The second kappa shape index (κ2) is 27.7. The number of piperidine rings is 2. The number of ether oxygens (including phenoxy) is 2. The molecular formula is C76H72F6N16O8. The van der Waals surface area contributed by atoms with Gasteiger partial charge in [-0.25, -0.2) is 19.6 Å². The summed E-state index contributed by atoms with van der Waals surface area (Å²) in [4.78, 5) is 102. The van der Waals surface area contributed by atoms with Crippen molar-refractivity contribution in [3.63, 3.8) is 0 Å². The van der Waals surface area contributed by atoms with Gasteiger partial charge in [0.2, 0.25) is 11.8 Å². The van der Waals surface area contributed by atoms with E-state index in [1.807, 2.05) is 46.2 Å². The summed E-state index contributed by atoms with van der Waals surface area (Å²) in [6.45, 7) is 5.26.